The molecule has 0 heterocycles. The summed E-state index contributed by atoms with van der Waals surface area (Å²) in [7, 11) is 0. The van der Waals surface area contributed by atoms with Crippen LogP contribution in [0.4, 0.5) is 0 Å². The Labute approximate surface area is 123 Å². The van der Waals surface area contributed by atoms with Gasteiger partial charge >= 0.3 is 5.97 Å². The van der Waals surface area contributed by atoms with Crippen molar-refractivity contribution in [1.29, 1.82) is 0 Å². The molecule has 1 rings (SSSR count). The lowest BCUT2D eigenvalue weighted by molar-refractivity contribution is 0.0428. The molecule has 0 N–H and O–H groups in total. The third-order valence-corrected chi connectivity index (χ3v) is 3.78. The highest BCUT2D eigenvalue weighted by molar-refractivity contribution is 5.89. The van der Waals surface area contributed by atoms with E-state index >= 15 is 0 Å². The highest BCUT2D eigenvalue weighted by Gasteiger charge is 2.12. The highest BCUT2D eigenvalue weighted by atomic mass is 16.5. The molecule has 0 amide bonds. The van der Waals surface area contributed by atoms with Gasteiger partial charge in [0.2, 0.25) is 0 Å². The van der Waals surface area contributed by atoms with Gasteiger partial charge in [0.15, 0.2) is 0 Å². The summed E-state index contributed by atoms with van der Waals surface area (Å²) in [5.41, 5.74) is 1.85. The van der Waals surface area contributed by atoms with Crippen LogP contribution >= 0.6 is 0 Å². The molecule has 0 radical (unpaired) electrons. The van der Waals surface area contributed by atoms with E-state index in [0.717, 1.165) is 12.8 Å². The number of unbranched alkanes of at least 4 members (excludes halogenated alkanes) is 1. The zero-order valence-electron chi connectivity index (χ0n) is 13.3. The van der Waals surface area contributed by atoms with Crippen molar-refractivity contribution < 1.29 is 9.53 Å². The van der Waals surface area contributed by atoms with Crippen LogP contribution in [0.3, 0.4) is 0 Å². The topological polar surface area (TPSA) is 26.3 Å². The second kappa shape index (κ2) is 8.78. The number of carbonyl (C=O) groups is 1. The lowest BCUT2D eigenvalue weighted by Gasteiger charge is -2.15. The van der Waals surface area contributed by atoms with Crippen molar-refractivity contribution in [3.05, 3.63) is 35.4 Å². The molecule has 2 heteroatoms. The second-order valence-electron chi connectivity index (χ2n) is 5.80. The molecule has 0 spiro atoms. The first-order valence-electron chi connectivity index (χ1n) is 7.85. The lowest BCUT2D eigenvalue weighted by atomic mass is 10.00. The van der Waals surface area contributed by atoms with Crippen molar-refractivity contribution >= 4 is 5.97 Å². The van der Waals surface area contributed by atoms with Gasteiger partial charge in [-0.25, -0.2) is 4.79 Å². The van der Waals surface area contributed by atoms with Crippen molar-refractivity contribution in [2.75, 3.05) is 6.61 Å². The molecule has 1 aromatic rings. The first-order valence-corrected chi connectivity index (χ1v) is 7.85. The van der Waals surface area contributed by atoms with E-state index in [0.29, 0.717) is 24.0 Å². The van der Waals surface area contributed by atoms with Crippen molar-refractivity contribution in [2.45, 2.75) is 59.3 Å². The predicted molar refractivity (Wildman–Crippen MR) is 84.1 cm³/mol. The molecule has 1 atom stereocenters. The fraction of sp³-hybridized carbons (Fsp3) is 0.611. The molecule has 20 heavy (non-hydrogen) atoms. The molecule has 0 saturated heterocycles. The van der Waals surface area contributed by atoms with Gasteiger partial charge in [-0.1, -0.05) is 59.1 Å². The Morgan fingerprint density at radius 2 is 2.00 bits per heavy atom. The van der Waals surface area contributed by atoms with Crippen LogP contribution < -0.4 is 0 Å². The standard InChI is InChI=1S/C18H28O2/c1-5-7-9-15(6-2)13-20-18(19)17-11-8-10-16(12-17)14(3)4/h8,10-12,14-15H,5-7,9,13H2,1-4H3. The number of benzene rings is 1. The summed E-state index contributed by atoms with van der Waals surface area (Å²) in [5, 5.41) is 0. The third-order valence-electron chi connectivity index (χ3n) is 3.78. The maximum atomic E-state index is 12.1. The lowest BCUT2D eigenvalue weighted by Crippen LogP contribution is -2.14. The maximum absolute atomic E-state index is 12.1. The molecular formula is C18H28O2. The minimum Gasteiger partial charge on any atom is -0.462 e. The smallest absolute Gasteiger partial charge is 0.338 e. The first kappa shape index (κ1) is 16.7. The highest BCUT2D eigenvalue weighted by Crippen LogP contribution is 2.17. The van der Waals surface area contributed by atoms with Crippen LogP contribution in [-0.4, -0.2) is 12.6 Å². The third kappa shape index (κ3) is 5.36. The fourth-order valence-corrected chi connectivity index (χ4v) is 2.20. The summed E-state index contributed by atoms with van der Waals surface area (Å²) in [6.07, 6.45) is 4.62. The van der Waals surface area contributed by atoms with E-state index in [2.05, 4.69) is 33.8 Å². The van der Waals surface area contributed by atoms with Crippen LogP contribution in [0.2, 0.25) is 0 Å². The van der Waals surface area contributed by atoms with Gasteiger partial charge < -0.3 is 4.74 Å². The summed E-state index contributed by atoms with van der Waals surface area (Å²) >= 11 is 0. The van der Waals surface area contributed by atoms with E-state index in [1.165, 1.54) is 18.4 Å². The minimum absolute atomic E-state index is 0.192. The summed E-state index contributed by atoms with van der Waals surface area (Å²) in [6, 6.07) is 7.76. The predicted octanol–water partition coefficient (Wildman–Crippen LogP) is 5.18. The Bertz CT molecular complexity index is 410. The minimum atomic E-state index is -0.192. The molecular weight excluding hydrogens is 248 g/mol. The largest absolute Gasteiger partial charge is 0.462 e. The zero-order valence-corrected chi connectivity index (χ0v) is 13.3. The van der Waals surface area contributed by atoms with Crippen molar-refractivity contribution in [3.63, 3.8) is 0 Å². The number of hydrogen-bond donors (Lipinski definition) is 0. The fourth-order valence-electron chi connectivity index (χ4n) is 2.20. The van der Waals surface area contributed by atoms with Crippen LogP contribution in [0, 0.1) is 5.92 Å². The summed E-state index contributed by atoms with van der Waals surface area (Å²) in [5.74, 6) is 0.727. The molecule has 0 saturated carbocycles. The number of hydrogen-bond acceptors (Lipinski definition) is 2. The van der Waals surface area contributed by atoms with Gasteiger partial charge in [-0.15, -0.1) is 0 Å². The van der Waals surface area contributed by atoms with Gasteiger partial charge in [0.05, 0.1) is 12.2 Å². The number of esters is 1. The molecule has 1 aromatic carbocycles. The monoisotopic (exact) mass is 276 g/mol. The van der Waals surface area contributed by atoms with Gasteiger partial charge in [-0.2, -0.15) is 0 Å². The number of carbonyl (C=O) groups excluding carboxylic acids is 1. The van der Waals surface area contributed by atoms with E-state index in [-0.39, 0.29) is 5.97 Å². The average molecular weight is 276 g/mol. The van der Waals surface area contributed by atoms with Gasteiger partial charge in [-0.3, -0.25) is 0 Å². The van der Waals surface area contributed by atoms with Gasteiger partial charge in [0.1, 0.15) is 0 Å². The molecule has 0 bridgehead atoms. The van der Waals surface area contributed by atoms with E-state index in [1.54, 1.807) is 0 Å². The quantitative estimate of drug-likeness (QED) is 0.611. The Balaban J connectivity index is 2.55. The normalized spacial score (nSPS) is 12.4. The number of ether oxygens (including phenoxy) is 1. The van der Waals surface area contributed by atoms with Gasteiger partial charge in [-0.05, 0) is 36.0 Å². The van der Waals surface area contributed by atoms with E-state index < -0.39 is 0 Å². The summed E-state index contributed by atoms with van der Waals surface area (Å²) in [6.45, 7) is 9.15. The van der Waals surface area contributed by atoms with E-state index in [9.17, 15) is 4.79 Å². The Morgan fingerprint density at radius 3 is 2.60 bits per heavy atom. The Morgan fingerprint density at radius 1 is 1.25 bits per heavy atom. The molecule has 0 aromatic heterocycles. The average Bonchev–Trinajstić information content (AvgIpc) is 2.47. The SMILES string of the molecule is CCCCC(CC)COC(=O)c1cccc(C(C)C)c1. The summed E-state index contributed by atoms with van der Waals surface area (Å²) < 4.78 is 5.47. The van der Waals surface area contributed by atoms with E-state index in [4.69, 9.17) is 4.74 Å². The molecule has 0 fully saturated rings. The molecule has 0 aliphatic carbocycles. The Kier molecular flexibility index (Phi) is 7.35. The van der Waals surface area contributed by atoms with Crippen LogP contribution in [0.25, 0.3) is 0 Å². The van der Waals surface area contributed by atoms with Crippen LogP contribution in [0.1, 0.15) is 75.2 Å². The van der Waals surface area contributed by atoms with Gasteiger partial charge in [0.25, 0.3) is 0 Å². The van der Waals surface area contributed by atoms with Crippen molar-refractivity contribution in [3.8, 4) is 0 Å². The van der Waals surface area contributed by atoms with Crippen LogP contribution in [-0.2, 0) is 4.74 Å². The Hall–Kier alpha value is -1.31. The molecule has 0 aliphatic heterocycles. The van der Waals surface area contributed by atoms with Crippen molar-refractivity contribution in [1.82, 2.24) is 0 Å². The first-order chi connectivity index (χ1) is 9.58. The van der Waals surface area contributed by atoms with Gasteiger partial charge in [0, 0.05) is 0 Å². The molecule has 0 aliphatic rings. The van der Waals surface area contributed by atoms with Crippen LogP contribution in [0.15, 0.2) is 24.3 Å². The summed E-state index contributed by atoms with van der Waals surface area (Å²) in [4.78, 5) is 12.1. The zero-order chi connectivity index (χ0) is 15.0. The van der Waals surface area contributed by atoms with Crippen molar-refractivity contribution in [2.24, 2.45) is 5.92 Å². The number of rotatable bonds is 8. The van der Waals surface area contributed by atoms with E-state index in [1.807, 2.05) is 18.2 Å². The second-order valence-corrected chi connectivity index (χ2v) is 5.80. The van der Waals surface area contributed by atoms with Crippen LogP contribution in [0.5, 0.6) is 0 Å². The molecule has 112 valence electrons. The molecule has 2 nitrogen and oxygen atoms in total. The maximum Gasteiger partial charge on any atom is 0.338 e. The molecule has 1 unspecified atom stereocenters.